The molecule has 2 saturated heterocycles. The number of hydrogen-bond acceptors (Lipinski definition) is 3. The number of carbonyl (C=O) groups excluding carboxylic acids is 2. The molecule has 2 fully saturated rings. The van der Waals surface area contributed by atoms with E-state index in [2.05, 4.69) is 0 Å². The van der Waals surface area contributed by atoms with E-state index >= 15 is 0 Å². The molecule has 1 atom stereocenters. The van der Waals surface area contributed by atoms with Crippen LogP contribution in [0, 0.1) is 5.41 Å². The van der Waals surface area contributed by atoms with Crippen molar-refractivity contribution in [3.05, 3.63) is 70.8 Å². The smallest absolute Gasteiger partial charge is 0.341 e. The maximum atomic E-state index is 13.8. The average molecular weight is 556 g/mol. The fourth-order valence-electron chi connectivity index (χ4n) is 5.75. The van der Waals surface area contributed by atoms with Gasteiger partial charge in [0.05, 0.1) is 16.5 Å². The van der Waals surface area contributed by atoms with Gasteiger partial charge in [-0.15, -0.1) is 0 Å². The minimum absolute atomic E-state index is 0.00845. The number of benzene rings is 2. The Balaban J connectivity index is 1.58. The Morgan fingerprint density at radius 3 is 2.03 bits per heavy atom. The molecule has 0 bridgehead atoms. The van der Waals surface area contributed by atoms with Gasteiger partial charge in [-0.2, -0.15) is 26.3 Å². The molecule has 2 heterocycles. The van der Waals surface area contributed by atoms with Gasteiger partial charge in [0.1, 0.15) is 0 Å². The Hall–Kier alpha value is -3.08. The summed E-state index contributed by atoms with van der Waals surface area (Å²) in [4.78, 5) is 32.1. The van der Waals surface area contributed by atoms with Gasteiger partial charge in [0.25, 0.3) is 5.91 Å². The van der Waals surface area contributed by atoms with Crippen LogP contribution in [-0.4, -0.2) is 73.3 Å². The van der Waals surface area contributed by atoms with Crippen LogP contribution in [0.1, 0.15) is 52.2 Å². The highest BCUT2D eigenvalue weighted by Gasteiger charge is 2.55. The Morgan fingerprint density at radius 1 is 0.949 bits per heavy atom. The van der Waals surface area contributed by atoms with Gasteiger partial charge in [0, 0.05) is 37.7 Å². The van der Waals surface area contributed by atoms with Crippen LogP contribution in [0.25, 0.3) is 0 Å². The van der Waals surface area contributed by atoms with Gasteiger partial charge in [0.15, 0.2) is 0 Å². The molecule has 2 aliphatic heterocycles. The third kappa shape index (κ3) is 6.08. The van der Waals surface area contributed by atoms with E-state index in [9.17, 15) is 35.9 Å². The summed E-state index contributed by atoms with van der Waals surface area (Å²) in [6.07, 6.45) is -8.76. The molecular weight excluding hydrogens is 524 g/mol. The molecule has 1 spiro atoms. The molecule has 0 saturated carbocycles. The number of alkyl halides is 6. The van der Waals surface area contributed by atoms with E-state index in [1.165, 1.54) is 4.90 Å². The van der Waals surface area contributed by atoms with Crippen LogP contribution < -0.4 is 0 Å². The third-order valence-corrected chi connectivity index (χ3v) is 7.80. The molecule has 0 aliphatic carbocycles. The van der Waals surface area contributed by atoms with Crippen LogP contribution in [-0.2, 0) is 17.1 Å². The maximum Gasteiger partial charge on any atom is 0.416 e. The lowest BCUT2D eigenvalue weighted by molar-refractivity contribution is -0.143. The minimum Gasteiger partial charge on any atom is -0.341 e. The third-order valence-electron chi connectivity index (χ3n) is 7.80. The van der Waals surface area contributed by atoms with E-state index in [4.69, 9.17) is 0 Å². The van der Waals surface area contributed by atoms with Crippen molar-refractivity contribution in [2.45, 2.75) is 37.5 Å². The van der Waals surface area contributed by atoms with Gasteiger partial charge >= 0.3 is 12.4 Å². The van der Waals surface area contributed by atoms with E-state index in [1.807, 2.05) is 54.2 Å². The molecule has 4 rings (SSSR count). The quantitative estimate of drug-likeness (QED) is 0.441. The van der Waals surface area contributed by atoms with Crippen molar-refractivity contribution in [1.82, 2.24) is 14.7 Å². The molecule has 2 aliphatic rings. The zero-order chi connectivity index (χ0) is 28.6. The first-order chi connectivity index (χ1) is 18.2. The monoisotopic (exact) mass is 555 g/mol. The second kappa shape index (κ2) is 10.8. The highest BCUT2D eigenvalue weighted by atomic mass is 19.4. The first-order valence-electron chi connectivity index (χ1n) is 12.8. The van der Waals surface area contributed by atoms with Crippen LogP contribution in [0.4, 0.5) is 26.3 Å². The van der Waals surface area contributed by atoms with Gasteiger partial charge in [-0.05, 0) is 63.7 Å². The van der Waals surface area contributed by atoms with Crippen LogP contribution in [0.2, 0.25) is 0 Å². The normalized spacial score (nSPS) is 19.8. The predicted molar refractivity (Wildman–Crippen MR) is 133 cm³/mol. The van der Waals surface area contributed by atoms with Crippen molar-refractivity contribution in [2.24, 2.45) is 5.41 Å². The Kier molecular flexibility index (Phi) is 8.03. The van der Waals surface area contributed by atoms with E-state index in [-0.39, 0.29) is 43.8 Å². The number of halogens is 6. The number of piperidine rings is 1. The number of likely N-dealkylation sites (tertiary alicyclic amines) is 2. The van der Waals surface area contributed by atoms with Gasteiger partial charge in [-0.3, -0.25) is 9.59 Å². The summed E-state index contributed by atoms with van der Waals surface area (Å²) in [5, 5.41) is 0. The van der Waals surface area contributed by atoms with Crippen molar-refractivity contribution in [2.75, 3.05) is 46.8 Å². The summed E-state index contributed by atoms with van der Waals surface area (Å²) < 4.78 is 79.9. The number of carbonyl (C=O) groups is 2. The fourth-order valence-corrected chi connectivity index (χ4v) is 5.75. The van der Waals surface area contributed by atoms with E-state index in [0.717, 1.165) is 18.5 Å². The lowest BCUT2D eigenvalue weighted by Gasteiger charge is -2.41. The van der Waals surface area contributed by atoms with Crippen molar-refractivity contribution in [3.63, 3.8) is 0 Å². The minimum atomic E-state index is -5.04. The van der Waals surface area contributed by atoms with Crippen molar-refractivity contribution >= 4 is 11.8 Å². The topological polar surface area (TPSA) is 43.9 Å². The molecule has 212 valence electrons. The van der Waals surface area contributed by atoms with Gasteiger partial charge in [0.2, 0.25) is 5.91 Å². The molecular formula is C28H31F6N3O2. The van der Waals surface area contributed by atoms with Crippen LogP contribution >= 0.6 is 0 Å². The summed E-state index contributed by atoms with van der Waals surface area (Å²) in [6.45, 7) is 2.02. The van der Waals surface area contributed by atoms with Crippen molar-refractivity contribution in [3.8, 4) is 0 Å². The zero-order valence-corrected chi connectivity index (χ0v) is 21.8. The first-order valence-corrected chi connectivity index (χ1v) is 12.8. The first kappa shape index (κ1) is 28.9. The molecule has 0 aromatic heterocycles. The van der Waals surface area contributed by atoms with Crippen LogP contribution in [0.15, 0.2) is 48.5 Å². The molecule has 39 heavy (non-hydrogen) atoms. The summed E-state index contributed by atoms with van der Waals surface area (Å²) in [5.74, 6) is -1.06. The summed E-state index contributed by atoms with van der Waals surface area (Å²) in [6, 6.07) is 10.5. The summed E-state index contributed by atoms with van der Waals surface area (Å²) in [5.41, 5.74) is -3.53. The Morgan fingerprint density at radius 2 is 1.51 bits per heavy atom. The second-order valence-corrected chi connectivity index (χ2v) is 10.6. The van der Waals surface area contributed by atoms with E-state index in [0.29, 0.717) is 25.2 Å². The van der Waals surface area contributed by atoms with Crippen molar-refractivity contribution < 1.29 is 35.9 Å². The highest BCUT2D eigenvalue weighted by Crippen LogP contribution is 2.51. The fraction of sp³-hybridized carbons (Fsp3) is 0.500. The van der Waals surface area contributed by atoms with Crippen LogP contribution in [0.3, 0.4) is 0 Å². The lowest BCUT2D eigenvalue weighted by Crippen LogP contribution is -2.48. The van der Waals surface area contributed by atoms with Gasteiger partial charge in [-0.1, -0.05) is 30.3 Å². The molecule has 0 N–H and O–H groups in total. The molecule has 2 amide bonds. The van der Waals surface area contributed by atoms with Crippen LogP contribution in [0.5, 0.6) is 0 Å². The Bertz CT molecular complexity index is 1160. The molecule has 1 unspecified atom stereocenters. The number of hydrogen-bond donors (Lipinski definition) is 0. The number of amides is 2. The lowest BCUT2D eigenvalue weighted by atomic mass is 9.68. The maximum absolute atomic E-state index is 13.8. The predicted octanol–water partition coefficient (Wildman–Crippen LogP) is 5.52. The van der Waals surface area contributed by atoms with Gasteiger partial charge in [-0.25, -0.2) is 0 Å². The SMILES string of the molecule is CN(C)CCCN1CC(c2ccccc2)C2(CCN(C(=O)c3cc(C(F)(F)F)cc(C(F)(F)F)c3)CC2)C1=O. The second-order valence-electron chi connectivity index (χ2n) is 10.6. The van der Waals surface area contributed by atoms with Crippen molar-refractivity contribution in [1.29, 1.82) is 0 Å². The molecule has 11 heteroatoms. The highest BCUT2D eigenvalue weighted by molar-refractivity contribution is 5.95. The van der Waals surface area contributed by atoms with Gasteiger partial charge < -0.3 is 14.7 Å². The summed E-state index contributed by atoms with van der Waals surface area (Å²) in [7, 11) is 3.91. The Labute approximate surface area is 223 Å². The number of rotatable bonds is 6. The largest absolute Gasteiger partial charge is 0.416 e. The van der Waals surface area contributed by atoms with E-state index in [1.54, 1.807) is 0 Å². The standard InChI is InChI=1S/C28H31F6N3O2/c1-35(2)11-6-12-37-18-23(19-7-4-3-5-8-19)26(25(37)39)9-13-36(14-10-26)24(38)20-15-21(27(29,30)31)17-22(16-20)28(32,33)34/h3-5,7-8,15-17,23H,6,9-14,18H2,1-2H3. The van der Waals surface area contributed by atoms with E-state index < -0.39 is 40.4 Å². The molecule has 2 aromatic rings. The average Bonchev–Trinajstić information content (AvgIpc) is 3.14. The molecule has 2 aromatic carbocycles. The zero-order valence-electron chi connectivity index (χ0n) is 21.8. The molecule has 5 nitrogen and oxygen atoms in total. The molecule has 0 radical (unpaired) electrons. The number of nitrogens with zero attached hydrogens (tertiary/aromatic N) is 3. The summed E-state index contributed by atoms with van der Waals surface area (Å²) >= 11 is 0.